The van der Waals surface area contributed by atoms with Gasteiger partial charge in [0.25, 0.3) is 5.56 Å². The fourth-order valence-corrected chi connectivity index (χ4v) is 2.71. The number of hydrogen-bond acceptors (Lipinski definition) is 4. The summed E-state index contributed by atoms with van der Waals surface area (Å²) in [5.74, 6) is 0. The van der Waals surface area contributed by atoms with Crippen molar-refractivity contribution < 1.29 is 0 Å². The van der Waals surface area contributed by atoms with E-state index in [0.717, 1.165) is 23.0 Å². The number of nitrogens with one attached hydrogen (secondary N) is 1. The molecule has 1 N–H and O–H groups in total. The van der Waals surface area contributed by atoms with E-state index in [4.69, 9.17) is 5.26 Å². The highest BCUT2D eigenvalue weighted by molar-refractivity contribution is 5.84. The highest BCUT2D eigenvalue weighted by Crippen LogP contribution is 2.23. The van der Waals surface area contributed by atoms with Crippen LogP contribution in [0.15, 0.2) is 41.5 Å². The molecule has 3 aromatic heterocycles. The van der Waals surface area contributed by atoms with Gasteiger partial charge in [-0.2, -0.15) is 10.4 Å². The Balaban J connectivity index is 1.95. The van der Waals surface area contributed by atoms with Gasteiger partial charge < -0.3 is 0 Å². The molecule has 7 nitrogen and oxygen atoms in total. The van der Waals surface area contributed by atoms with E-state index in [1.165, 1.54) is 16.8 Å². The van der Waals surface area contributed by atoms with Crippen molar-refractivity contribution in [3.63, 3.8) is 0 Å². The zero-order chi connectivity index (χ0) is 16.0. The SMILES string of the molecule is CCn1ncc2cc(-c3cc(=O)n4[nH]cc(C#N)c4n3)ccc21. The predicted octanol–water partition coefficient (Wildman–Crippen LogP) is 1.93. The molecule has 0 aliphatic heterocycles. The molecule has 4 aromatic rings. The molecule has 0 bridgehead atoms. The Kier molecular flexibility index (Phi) is 2.78. The van der Waals surface area contributed by atoms with E-state index in [-0.39, 0.29) is 5.56 Å². The van der Waals surface area contributed by atoms with E-state index >= 15 is 0 Å². The first kappa shape index (κ1) is 13.3. The van der Waals surface area contributed by atoms with E-state index < -0.39 is 0 Å². The third kappa shape index (κ3) is 1.92. The number of aryl methyl sites for hydroxylation is 1. The number of aromatic nitrogens is 5. The van der Waals surface area contributed by atoms with Crippen molar-refractivity contribution in [2.45, 2.75) is 13.5 Å². The van der Waals surface area contributed by atoms with Gasteiger partial charge in [-0.15, -0.1) is 0 Å². The molecular formula is C16H12N6O. The maximum Gasteiger partial charge on any atom is 0.273 e. The van der Waals surface area contributed by atoms with Gasteiger partial charge in [0.15, 0.2) is 5.65 Å². The Bertz CT molecular complexity index is 1140. The molecular weight excluding hydrogens is 292 g/mol. The summed E-state index contributed by atoms with van der Waals surface area (Å²) in [6.07, 6.45) is 3.27. The molecule has 23 heavy (non-hydrogen) atoms. The van der Waals surface area contributed by atoms with Crippen LogP contribution in [-0.2, 0) is 6.54 Å². The molecule has 0 amide bonds. The van der Waals surface area contributed by atoms with E-state index in [9.17, 15) is 4.79 Å². The van der Waals surface area contributed by atoms with Crippen LogP contribution in [0, 0.1) is 11.3 Å². The summed E-state index contributed by atoms with van der Waals surface area (Å²) in [7, 11) is 0. The predicted molar refractivity (Wildman–Crippen MR) is 84.9 cm³/mol. The smallest absolute Gasteiger partial charge is 0.273 e. The first-order chi connectivity index (χ1) is 11.2. The van der Waals surface area contributed by atoms with E-state index in [2.05, 4.69) is 15.2 Å². The summed E-state index contributed by atoms with van der Waals surface area (Å²) in [5, 5.41) is 17.1. The molecule has 112 valence electrons. The number of nitriles is 1. The zero-order valence-corrected chi connectivity index (χ0v) is 12.3. The summed E-state index contributed by atoms with van der Waals surface area (Å²) in [6, 6.07) is 9.31. The van der Waals surface area contributed by atoms with Crippen molar-refractivity contribution in [2.75, 3.05) is 0 Å². The zero-order valence-electron chi connectivity index (χ0n) is 12.3. The Labute approximate surface area is 130 Å². The number of nitrogens with zero attached hydrogens (tertiary/aromatic N) is 5. The van der Waals surface area contributed by atoms with Gasteiger partial charge in [0.1, 0.15) is 11.6 Å². The largest absolute Gasteiger partial charge is 0.295 e. The molecule has 7 heteroatoms. The molecule has 0 spiro atoms. The average Bonchev–Trinajstić information content (AvgIpc) is 3.17. The van der Waals surface area contributed by atoms with Crippen LogP contribution in [0.25, 0.3) is 27.8 Å². The Morgan fingerprint density at radius 1 is 1.35 bits per heavy atom. The lowest BCUT2D eigenvalue weighted by molar-refractivity contribution is 0.684. The summed E-state index contributed by atoms with van der Waals surface area (Å²) >= 11 is 0. The third-order valence-corrected chi connectivity index (χ3v) is 3.86. The average molecular weight is 304 g/mol. The fraction of sp³-hybridized carbons (Fsp3) is 0.125. The maximum absolute atomic E-state index is 12.2. The van der Waals surface area contributed by atoms with Gasteiger partial charge in [-0.1, -0.05) is 6.07 Å². The molecule has 0 aliphatic rings. The van der Waals surface area contributed by atoms with Gasteiger partial charge in [-0.3, -0.25) is 14.6 Å². The molecule has 0 saturated carbocycles. The van der Waals surface area contributed by atoms with Crippen LogP contribution in [-0.4, -0.2) is 24.4 Å². The minimum atomic E-state index is -0.254. The van der Waals surface area contributed by atoms with E-state index in [0.29, 0.717) is 16.9 Å². The molecule has 4 rings (SSSR count). The van der Waals surface area contributed by atoms with Crippen LogP contribution in [0.2, 0.25) is 0 Å². The van der Waals surface area contributed by atoms with Crippen LogP contribution in [0.1, 0.15) is 12.5 Å². The normalized spacial score (nSPS) is 11.1. The van der Waals surface area contributed by atoms with Gasteiger partial charge in [0.05, 0.1) is 17.4 Å². The lowest BCUT2D eigenvalue weighted by Gasteiger charge is -2.03. The van der Waals surface area contributed by atoms with Crippen molar-refractivity contribution >= 4 is 16.6 Å². The first-order valence-corrected chi connectivity index (χ1v) is 7.18. The van der Waals surface area contributed by atoms with Crippen LogP contribution >= 0.6 is 0 Å². The highest BCUT2D eigenvalue weighted by Gasteiger charge is 2.11. The molecule has 0 fully saturated rings. The van der Waals surface area contributed by atoms with E-state index in [1.54, 1.807) is 6.20 Å². The standard InChI is InChI=1S/C16H12N6O/c1-2-21-14-4-3-10(5-11(14)8-18-21)13-6-15(23)22-16(20-13)12(7-17)9-19-22/h3-6,8-9,19H,2H2,1H3. The Morgan fingerprint density at radius 3 is 3.00 bits per heavy atom. The second kappa shape index (κ2) is 4.81. The third-order valence-electron chi connectivity index (χ3n) is 3.86. The molecule has 0 unspecified atom stereocenters. The van der Waals surface area contributed by atoms with Crippen LogP contribution in [0.3, 0.4) is 0 Å². The van der Waals surface area contributed by atoms with Gasteiger partial charge in [0.2, 0.25) is 0 Å². The molecule has 0 atom stereocenters. The Hall–Kier alpha value is -3.40. The topological polar surface area (TPSA) is 91.8 Å². The van der Waals surface area contributed by atoms with Crippen LogP contribution in [0.4, 0.5) is 0 Å². The number of H-pyrrole nitrogens is 1. The number of benzene rings is 1. The van der Waals surface area contributed by atoms with Gasteiger partial charge in [-0.25, -0.2) is 9.50 Å². The quantitative estimate of drug-likeness (QED) is 0.612. The number of aromatic amines is 1. The first-order valence-electron chi connectivity index (χ1n) is 7.18. The number of hydrogen-bond donors (Lipinski definition) is 1. The molecule has 0 saturated heterocycles. The molecule has 0 aliphatic carbocycles. The lowest BCUT2D eigenvalue weighted by Crippen LogP contribution is -2.14. The minimum absolute atomic E-state index is 0.254. The number of fused-ring (bicyclic) bond motifs is 2. The van der Waals surface area contributed by atoms with Crippen molar-refractivity contribution in [3.05, 3.63) is 52.6 Å². The van der Waals surface area contributed by atoms with Crippen molar-refractivity contribution in [1.82, 2.24) is 24.4 Å². The fourth-order valence-electron chi connectivity index (χ4n) is 2.71. The summed E-state index contributed by atoms with van der Waals surface area (Å²) < 4.78 is 3.17. The second-order valence-electron chi connectivity index (χ2n) is 5.17. The lowest BCUT2D eigenvalue weighted by atomic mass is 10.1. The van der Waals surface area contributed by atoms with Gasteiger partial charge in [0, 0.05) is 29.8 Å². The highest BCUT2D eigenvalue weighted by atomic mass is 16.1. The van der Waals surface area contributed by atoms with Crippen molar-refractivity contribution in [1.29, 1.82) is 5.26 Å². The maximum atomic E-state index is 12.2. The minimum Gasteiger partial charge on any atom is -0.295 e. The second-order valence-corrected chi connectivity index (χ2v) is 5.17. The van der Waals surface area contributed by atoms with Crippen molar-refractivity contribution in [3.8, 4) is 17.3 Å². The van der Waals surface area contributed by atoms with E-state index in [1.807, 2.05) is 35.9 Å². The van der Waals surface area contributed by atoms with Gasteiger partial charge in [-0.05, 0) is 19.1 Å². The summed E-state index contributed by atoms with van der Waals surface area (Å²) in [5.41, 5.74) is 2.81. The van der Waals surface area contributed by atoms with Gasteiger partial charge >= 0.3 is 0 Å². The molecule has 3 heterocycles. The molecule has 0 radical (unpaired) electrons. The van der Waals surface area contributed by atoms with Crippen molar-refractivity contribution in [2.24, 2.45) is 0 Å². The van der Waals surface area contributed by atoms with Crippen LogP contribution < -0.4 is 5.56 Å². The summed E-state index contributed by atoms with van der Waals surface area (Å²) in [4.78, 5) is 16.6. The molecule has 1 aromatic carbocycles. The number of rotatable bonds is 2. The van der Waals surface area contributed by atoms with Crippen LogP contribution in [0.5, 0.6) is 0 Å². The Morgan fingerprint density at radius 2 is 2.22 bits per heavy atom. The summed E-state index contributed by atoms with van der Waals surface area (Å²) in [6.45, 7) is 2.83. The monoisotopic (exact) mass is 304 g/mol.